The van der Waals surface area contributed by atoms with Gasteiger partial charge in [0.2, 0.25) is 0 Å². The van der Waals surface area contributed by atoms with Crippen molar-refractivity contribution >= 4 is 29.9 Å². The Balaban J connectivity index is 0.00000280. The third-order valence-corrected chi connectivity index (χ3v) is 5.76. The SMILES string of the molecule is CN=C(NCc1cccc(CN2CCOC(C)C2)c1)NC1CCC(C)CC1.I. The number of guanidine groups is 1. The first-order valence-corrected chi connectivity index (χ1v) is 10.5. The summed E-state index contributed by atoms with van der Waals surface area (Å²) in [6.07, 6.45) is 5.46. The molecule has 1 aromatic carbocycles. The molecule has 1 saturated carbocycles. The molecule has 2 N–H and O–H groups in total. The lowest BCUT2D eigenvalue weighted by Gasteiger charge is -2.31. The molecule has 5 nitrogen and oxygen atoms in total. The summed E-state index contributed by atoms with van der Waals surface area (Å²) in [6, 6.07) is 9.44. The quantitative estimate of drug-likeness (QED) is 0.367. The van der Waals surface area contributed by atoms with E-state index in [0.717, 1.165) is 44.7 Å². The van der Waals surface area contributed by atoms with E-state index in [1.54, 1.807) is 0 Å². The summed E-state index contributed by atoms with van der Waals surface area (Å²) < 4.78 is 5.64. The molecule has 0 spiro atoms. The van der Waals surface area contributed by atoms with Crippen LogP contribution in [0.3, 0.4) is 0 Å². The van der Waals surface area contributed by atoms with Crippen molar-refractivity contribution in [2.24, 2.45) is 10.9 Å². The zero-order chi connectivity index (χ0) is 19.1. The molecule has 2 aliphatic rings. The Bertz CT molecular complexity index is 616. The molecule has 28 heavy (non-hydrogen) atoms. The monoisotopic (exact) mass is 500 g/mol. The van der Waals surface area contributed by atoms with Gasteiger partial charge in [0.05, 0.1) is 12.7 Å². The molecule has 2 fully saturated rings. The first-order chi connectivity index (χ1) is 13.1. The van der Waals surface area contributed by atoms with E-state index < -0.39 is 0 Å². The van der Waals surface area contributed by atoms with E-state index in [2.05, 4.69) is 58.6 Å². The van der Waals surface area contributed by atoms with Gasteiger partial charge in [-0.15, -0.1) is 24.0 Å². The maximum Gasteiger partial charge on any atom is 0.191 e. The highest BCUT2D eigenvalue weighted by Gasteiger charge is 2.19. The van der Waals surface area contributed by atoms with Crippen molar-refractivity contribution in [2.75, 3.05) is 26.7 Å². The van der Waals surface area contributed by atoms with Crippen LogP contribution in [0.4, 0.5) is 0 Å². The number of ether oxygens (including phenoxy) is 1. The first-order valence-electron chi connectivity index (χ1n) is 10.5. The van der Waals surface area contributed by atoms with Gasteiger partial charge in [0.15, 0.2) is 5.96 Å². The lowest BCUT2D eigenvalue weighted by atomic mass is 9.87. The van der Waals surface area contributed by atoms with Crippen molar-refractivity contribution in [3.8, 4) is 0 Å². The Kier molecular flexibility index (Phi) is 10.0. The van der Waals surface area contributed by atoms with E-state index in [9.17, 15) is 0 Å². The van der Waals surface area contributed by atoms with Crippen molar-refractivity contribution in [1.29, 1.82) is 0 Å². The third-order valence-electron chi connectivity index (χ3n) is 5.76. The summed E-state index contributed by atoms with van der Waals surface area (Å²) in [4.78, 5) is 6.89. The minimum Gasteiger partial charge on any atom is -0.376 e. The summed E-state index contributed by atoms with van der Waals surface area (Å²) in [5.41, 5.74) is 2.67. The molecule has 0 bridgehead atoms. The van der Waals surface area contributed by atoms with Crippen LogP contribution in [-0.2, 0) is 17.8 Å². The Hall–Kier alpha value is -0.860. The number of rotatable bonds is 5. The van der Waals surface area contributed by atoms with Gasteiger partial charge in [-0.3, -0.25) is 9.89 Å². The maximum atomic E-state index is 5.64. The van der Waals surface area contributed by atoms with E-state index in [1.165, 1.54) is 36.8 Å². The summed E-state index contributed by atoms with van der Waals surface area (Å²) in [5, 5.41) is 7.09. The lowest BCUT2D eigenvalue weighted by molar-refractivity contribution is -0.0212. The zero-order valence-corrected chi connectivity index (χ0v) is 19.9. The first kappa shape index (κ1) is 23.4. The molecule has 0 aromatic heterocycles. The van der Waals surface area contributed by atoms with Crippen LogP contribution < -0.4 is 10.6 Å². The number of benzene rings is 1. The topological polar surface area (TPSA) is 48.9 Å². The molecule has 0 radical (unpaired) electrons. The number of nitrogens with zero attached hydrogens (tertiary/aromatic N) is 2. The summed E-state index contributed by atoms with van der Waals surface area (Å²) in [7, 11) is 1.86. The van der Waals surface area contributed by atoms with Crippen LogP contribution in [0.25, 0.3) is 0 Å². The maximum absolute atomic E-state index is 5.64. The normalized spacial score (nSPS) is 26.4. The van der Waals surface area contributed by atoms with Gasteiger partial charge in [-0.05, 0) is 49.7 Å². The van der Waals surface area contributed by atoms with Gasteiger partial charge in [-0.25, -0.2) is 0 Å². The smallest absolute Gasteiger partial charge is 0.191 e. The average molecular weight is 500 g/mol. The van der Waals surface area contributed by atoms with Crippen molar-refractivity contribution < 1.29 is 4.74 Å². The Morgan fingerprint density at radius 2 is 1.93 bits per heavy atom. The predicted octanol–water partition coefficient (Wildman–Crippen LogP) is 3.77. The molecular weight excluding hydrogens is 463 g/mol. The lowest BCUT2D eigenvalue weighted by Crippen LogP contribution is -2.44. The van der Waals surface area contributed by atoms with Crippen LogP contribution in [0.1, 0.15) is 50.7 Å². The molecule has 158 valence electrons. The fourth-order valence-corrected chi connectivity index (χ4v) is 4.11. The van der Waals surface area contributed by atoms with E-state index in [0.29, 0.717) is 12.1 Å². The van der Waals surface area contributed by atoms with E-state index >= 15 is 0 Å². The highest BCUT2D eigenvalue weighted by molar-refractivity contribution is 14.0. The fraction of sp³-hybridized carbons (Fsp3) is 0.682. The average Bonchev–Trinajstić information content (AvgIpc) is 2.67. The Morgan fingerprint density at radius 1 is 1.18 bits per heavy atom. The second-order valence-corrected chi connectivity index (χ2v) is 8.26. The second-order valence-electron chi connectivity index (χ2n) is 8.26. The molecule has 1 heterocycles. The molecule has 1 saturated heterocycles. The number of hydrogen-bond donors (Lipinski definition) is 2. The number of halogens is 1. The van der Waals surface area contributed by atoms with Crippen molar-refractivity contribution in [1.82, 2.24) is 15.5 Å². The molecule has 0 amide bonds. The fourth-order valence-electron chi connectivity index (χ4n) is 4.11. The van der Waals surface area contributed by atoms with Gasteiger partial charge >= 0.3 is 0 Å². The predicted molar refractivity (Wildman–Crippen MR) is 127 cm³/mol. The van der Waals surface area contributed by atoms with Gasteiger partial charge in [0.25, 0.3) is 0 Å². The van der Waals surface area contributed by atoms with Crippen LogP contribution in [0.2, 0.25) is 0 Å². The molecule has 1 aliphatic carbocycles. The highest BCUT2D eigenvalue weighted by Crippen LogP contribution is 2.23. The number of morpholine rings is 1. The van der Waals surface area contributed by atoms with Gasteiger partial charge < -0.3 is 15.4 Å². The molecule has 1 unspecified atom stereocenters. The summed E-state index contributed by atoms with van der Waals surface area (Å²) in [5.74, 6) is 1.79. The largest absolute Gasteiger partial charge is 0.376 e. The van der Waals surface area contributed by atoms with Crippen LogP contribution in [-0.4, -0.2) is 49.7 Å². The minimum atomic E-state index is 0. The van der Waals surface area contributed by atoms with Gasteiger partial charge in [-0.2, -0.15) is 0 Å². The van der Waals surface area contributed by atoms with E-state index in [1.807, 2.05) is 7.05 Å². The molecule has 3 rings (SSSR count). The third kappa shape index (κ3) is 7.52. The zero-order valence-electron chi connectivity index (χ0n) is 17.6. The Labute approximate surface area is 187 Å². The van der Waals surface area contributed by atoms with Crippen molar-refractivity contribution in [2.45, 2.75) is 64.8 Å². The molecule has 6 heteroatoms. The van der Waals surface area contributed by atoms with E-state index in [4.69, 9.17) is 4.74 Å². The van der Waals surface area contributed by atoms with Crippen LogP contribution in [0.15, 0.2) is 29.3 Å². The van der Waals surface area contributed by atoms with Crippen LogP contribution in [0.5, 0.6) is 0 Å². The minimum absolute atomic E-state index is 0. The number of aliphatic imine (C=N–C) groups is 1. The Morgan fingerprint density at radius 3 is 2.64 bits per heavy atom. The summed E-state index contributed by atoms with van der Waals surface area (Å²) >= 11 is 0. The summed E-state index contributed by atoms with van der Waals surface area (Å²) in [6.45, 7) is 9.17. The van der Waals surface area contributed by atoms with Crippen molar-refractivity contribution in [3.63, 3.8) is 0 Å². The number of nitrogens with one attached hydrogen (secondary N) is 2. The van der Waals surface area contributed by atoms with Crippen molar-refractivity contribution in [3.05, 3.63) is 35.4 Å². The van der Waals surface area contributed by atoms with Gasteiger partial charge in [0.1, 0.15) is 0 Å². The van der Waals surface area contributed by atoms with Crippen LogP contribution in [0, 0.1) is 5.92 Å². The van der Waals surface area contributed by atoms with E-state index in [-0.39, 0.29) is 24.0 Å². The van der Waals surface area contributed by atoms with Gasteiger partial charge in [0, 0.05) is 39.3 Å². The molecule has 1 atom stereocenters. The number of hydrogen-bond acceptors (Lipinski definition) is 3. The standard InChI is InChI=1S/C22H36N4O.HI/c1-17-7-9-21(10-8-17)25-22(23-3)24-14-19-5-4-6-20(13-19)16-26-11-12-27-18(2)15-26;/h4-6,13,17-18,21H,7-12,14-16H2,1-3H3,(H2,23,24,25);1H. The molecular formula is C22H37IN4O. The van der Waals surface area contributed by atoms with Crippen LogP contribution >= 0.6 is 24.0 Å². The van der Waals surface area contributed by atoms with Gasteiger partial charge in [-0.1, -0.05) is 31.2 Å². The second kappa shape index (κ2) is 12.0. The molecule has 1 aliphatic heterocycles. The molecule has 1 aromatic rings. The highest BCUT2D eigenvalue weighted by atomic mass is 127.